The van der Waals surface area contributed by atoms with Crippen LogP contribution in [0.1, 0.15) is 64.5 Å². The second-order valence-corrected chi connectivity index (χ2v) is 10.1. The predicted octanol–water partition coefficient (Wildman–Crippen LogP) is 2.57. The van der Waals surface area contributed by atoms with Crippen molar-refractivity contribution in [1.82, 2.24) is 20.6 Å². The number of fused-ring (bicyclic) bond motifs is 1. The first kappa shape index (κ1) is 33.5. The SMILES string of the molecule is CNC.CNC1CCc2nc(C(N)=O)sc2C1.Cc1ccc(NC(=O)C(N)=O)nc1.O=NC=C1CCCCC1. The van der Waals surface area contributed by atoms with Crippen LogP contribution < -0.4 is 27.4 Å². The third-order valence-electron chi connectivity index (χ3n) is 5.67. The molecule has 2 heterocycles. The monoisotopic (exact) mass is 560 g/mol. The number of aromatic nitrogens is 2. The number of rotatable bonds is 4. The van der Waals surface area contributed by atoms with E-state index in [-0.39, 0.29) is 0 Å². The number of anilines is 1. The van der Waals surface area contributed by atoms with Crippen LogP contribution in [0.25, 0.3) is 0 Å². The maximum Gasteiger partial charge on any atom is 0.314 e. The molecule has 39 heavy (non-hydrogen) atoms. The van der Waals surface area contributed by atoms with Crippen LogP contribution in [-0.4, -0.2) is 54.9 Å². The maximum absolute atomic E-state index is 10.9. The normalized spacial score (nSPS) is 15.4. The largest absolute Gasteiger partial charge is 0.364 e. The first-order valence-corrected chi connectivity index (χ1v) is 13.5. The standard InChI is InChI=1S/C9H13N3OS.C8H9N3O2.C7H11NO.C2H7N/c1-11-5-2-3-6-7(4-5)14-9(12-6)8(10)13;1-5-2-3-6(10-4-5)11-8(13)7(9)12;9-8-6-7-4-2-1-3-5-7;1-3-2/h5,11H,2-4H2,1H3,(H2,10,13);2-4H,1H3,(H2,9,12)(H,10,11,13);6H,1-5H2;3H,1-2H3. The van der Waals surface area contributed by atoms with Crippen LogP contribution in [-0.2, 0) is 22.4 Å². The Morgan fingerprint density at radius 2 is 1.74 bits per heavy atom. The summed E-state index contributed by atoms with van der Waals surface area (Å²) in [6, 6.07) is 3.88. The van der Waals surface area contributed by atoms with E-state index in [1.54, 1.807) is 18.3 Å². The van der Waals surface area contributed by atoms with Gasteiger partial charge in [-0.15, -0.1) is 16.2 Å². The highest BCUT2D eigenvalue weighted by atomic mass is 32.1. The van der Waals surface area contributed by atoms with Gasteiger partial charge in [-0.05, 0) is 95.4 Å². The fourth-order valence-corrected chi connectivity index (χ4v) is 4.70. The van der Waals surface area contributed by atoms with Gasteiger partial charge < -0.3 is 27.4 Å². The second-order valence-electron chi connectivity index (χ2n) is 8.97. The maximum atomic E-state index is 10.9. The molecule has 1 fully saturated rings. The lowest BCUT2D eigenvalue weighted by molar-refractivity contribution is -0.134. The molecule has 214 valence electrons. The van der Waals surface area contributed by atoms with E-state index in [0.29, 0.717) is 16.9 Å². The van der Waals surface area contributed by atoms with Gasteiger partial charge in [-0.3, -0.25) is 14.4 Å². The lowest BCUT2D eigenvalue weighted by Gasteiger charge is -2.19. The molecule has 2 aromatic heterocycles. The number of allylic oxidation sites excluding steroid dienone is 1. The molecular formula is C26H40N8O4S. The molecule has 0 bridgehead atoms. The molecule has 2 aliphatic rings. The number of nitrogens with zero attached hydrogens (tertiary/aromatic N) is 3. The number of nitrogens with two attached hydrogens (primary N) is 2. The van der Waals surface area contributed by atoms with Crippen LogP contribution in [0, 0.1) is 11.8 Å². The Bertz CT molecular complexity index is 1090. The van der Waals surface area contributed by atoms with Crippen molar-refractivity contribution < 1.29 is 14.4 Å². The van der Waals surface area contributed by atoms with Crippen LogP contribution >= 0.6 is 11.3 Å². The van der Waals surface area contributed by atoms with Gasteiger partial charge >= 0.3 is 11.8 Å². The van der Waals surface area contributed by atoms with E-state index in [0.717, 1.165) is 43.4 Å². The summed E-state index contributed by atoms with van der Waals surface area (Å²) in [6.07, 6.45) is 12.0. The average Bonchev–Trinajstić information content (AvgIpc) is 3.36. The van der Waals surface area contributed by atoms with Crippen molar-refractivity contribution >= 4 is 34.9 Å². The fraction of sp³-hybridized carbons (Fsp3) is 0.500. The van der Waals surface area contributed by atoms with Crippen LogP contribution in [0.4, 0.5) is 5.82 Å². The zero-order chi connectivity index (χ0) is 29.2. The quantitative estimate of drug-likeness (QED) is 0.278. The molecule has 0 aliphatic heterocycles. The van der Waals surface area contributed by atoms with Crippen molar-refractivity contribution in [1.29, 1.82) is 0 Å². The number of carbonyl (C=O) groups is 3. The number of thiazole rings is 1. The molecule has 1 atom stereocenters. The molecule has 12 nitrogen and oxygen atoms in total. The molecule has 0 spiro atoms. The Balaban J connectivity index is 0.000000284. The summed E-state index contributed by atoms with van der Waals surface area (Å²) in [4.78, 5) is 51.1. The Morgan fingerprint density at radius 3 is 2.26 bits per heavy atom. The van der Waals surface area contributed by atoms with Gasteiger partial charge in [0.05, 0.1) is 11.9 Å². The van der Waals surface area contributed by atoms with E-state index in [2.05, 4.69) is 31.1 Å². The molecule has 4 rings (SSSR count). The Labute approximate surface area is 233 Å². The zero-order valence-corrected chi connectivity index (χ0v) is 23.9. The number of hydrogen-bond acceptors (Lipinski definition) is 10. The smallest absolute Gasteiger partial charge is 0.314 e. The van der Waals surface area contributed by atoms with Gasteiger partial charge in [-0.2, -0.15) is 0 Å². The number of aryl methyl sites for hydroxylation is 2. The van der Waals surface area contributed by atoms with Crippen molar-refractivity contribution in [2.45, 2.75) is 64.3 Å². The van der Waals surface area contributed by atoms with Gasteiger partial charge in [0.2, 0.25) is 0 Å². The number of carbonyl (C=O) groups excluding carboxylic acids is 3. The first-order valence-electron chi connectivity index (χ1n) is 12.7. The first-order chi connectivity index (χ1) is 18.6. The number of hydrogen-bond donors (Lipinski definition) is 5. The lowest BCUT2D eigenvalue weighted by Crippen LogP contribution is -2.30. The molecular weight excluding hydrogens is 520 g/mol. The minimum Gasteiger partial charge on any atom is -0.364 e. The number of amides is 3. The molecule has 1 unspecified atom stereocenters. The van der Waals surface area contributed by atoms with Crippen molar-refractivity contribution in [3.63, 3.8) is 0 Å². The van der Waals surface area contributed by atoms with Gasteiger partial charge in [0, 0.05) is 17.1 Å². The summed E-state index contributed by atoms with van der Waals surface area (Å²) in [5.41, 5.74) is 13.2. The summed E-state index contributed by atoms with van der Waals surface area (Å²) in [5.74, 6) is -1.99. The van der Waals surface area contributed by atoms with Crippen molar-refractivity contribution in [2.75, 3.05) is 26.5 Å². The number of pyridine rings is 1. The number of likely N-dealkylation sites (N-methyl/N-ethyl adjacent to an activating group) is 1. The fourth-order valence-electron chi connectivity index (χ4n) is 3.66. The van der Waals surface area contributed by atoms with E-state index < -0.39 is 17.7 Å². The number of nitroso groups, excluding NO2 is 1. The van der Waals surface area contributed by atoms with E-state index >= 15 is 0 Å². The molecule has 0 aromatic carbocycles. The third kappa shape index (κ3) is 13.2. The topological polar surface area (TPSA) is 195 Å². The molecule has 1 saturated carbocycles. The highest BCUT2D eigenvalue weighted by Crippen LogP contribution is 2.26. The zero-order valence-electron chi connectivity index (χ0n) is 23.1. The minimum atomic E-state index is -1.03. The Kier molecular flexibility index (Phi) is 16.0. The molecule has 7 N–H and O–H groups in total. The van der Waals surface area contributed by atoms with E-state index in [1.807, 2.05) is 28.1 Å². The van der Waals surface area contributed by atoms with Gasteiger partial charge in [0.15, 0.2) is 5.01 Å². The summed E-state index contributed by atoms with van der Waals surface area (Å²) in [5, 5.41) is 11.4. The summed E-state index contributed by atoms with van der Waals surface area (Å²) in [6.45, 7) is 1.87. The van der Waals surface area contributed by atoms with Gasteiger partial charge in [-0.25, -0.2) is 9.97 Å². The van der Waals surface area contributed by atoms with E-state index in [9.17, 15) is 19.3 Å². The van der Waals surface area contributed by atoms with Crippen LogP contribution in [0.2, 0.25) is 0 Å². The lowest BCUT2D eigenvalue weighted by atomic mass is 9.96. The molecule has 3 amide bonds. The number of nitrogens with one attached hydrogen (secondary N) is 3. The summed E-state index contributed by atoms with van der Waals surface area (Å²) >= 11 is 1.44. The summed E-state index contributed by atoms with van der Waals surface area (Å²) < 4.78 is 0. The predicted molar refractivity (Wildman–Crippen MR) is 154 cm³/mol. The van der Waals surface area contributed by atoms with Crippen LogP contribution in [0.15, 0.2) is 35.3 Å². The van der Waals surface area contributed by atoms with Crippen LogP contribution in [0.5, 0.6) is 0 Å². The molecule has 13 heteroatoms. The van der Waals surface area contributed by atoms with Crippen molar-refractivity contribution in [3.8, 4) is 0 Å². The molecule has 2 aliphatic carbocycles. The van der Waals surface area contributed by atoms with Gasteiger partial charge in [0.25, 0.3) is 5.91 Å². The van der Waals surface area contributed by atoms with Crippen molar-refractivity contribution in [2.24, 2.45) is 16.6 Å². The molecule has 2 aromatic rings. The minimum absolute atomic E-state index is 0.314. The molecule has 0 saturated heterocycles. The highest BCUT2D eigenvalue weighted by molar-refractivity contribution is 7.13. The molecule has 0 radical (unpaired) electrons. The van der Waals surface area contributed by atoms with Gasteiger partial charge in [-0.1, -0.05) is 12.5 Å². The second kappa shape index (κ2) is 18.7. The van der Waals surface area contributed by atoms with Gasteiger partial charge in [0.1, 0.15) is 5.82 Å². The van der Waals surface area contributed by atoms with Crippen molar-refractivity contribution in [3.05, 3.63) is 56.2 Å². The Hall–Kier alpha value is -3.55. The number of primary amides is 2. The average molecular weight is 561 g/mol. The van der Waals surface area contributed by atoms with E-state index in [4.69, 9.17) is 11.5 Å². The van der Waals surface area contributed by atoms with E-state index in [1.165, 1.54) is 47.2 Å². The summed E-state index contributed by atoms with van der Waals surface area (Å²) in [7, 11) is 5.71. The Morgan fingerprint density at radius 1 is 1.08 bits per heavy atom. The van der Waals surface area contributed by atoms with Crippen LogP contribution in [0.3, 0.4) is 0 Å². The highest BCUT2D eigenvalue weighted by Gasteiger charge is 2.22. The third-order valence-corrected chi connectivity index (χ3v) is 6.80.